The highest BCUT2D eigenvalue weighted by Crippen LogP contribution is 2.47. The van der Waals surface area contributed by atoms with Crippen molar-refractivity contribution in [3.05, 3.63) is 36.1 Å². The molecule has 1 spiro atoms. The maximum atomic E-state index is 5.88. The first-order valence-electron chi connectivity index (χ1n) is 8.71. The van der Waals surface area contributed by atoms with Crippen molar-refractivity contribution < 1.29 is 4.42 Å². The Balaban J connectivity index is 0.00000169. The van der Waals surface area contributed by atoms with Crippen molar-refractivity contribution >= 4 is 40.9 Å². The largest absolute Gasteiger partial charge is 0.461 e. The summed E-state index contributed by atoms with van der Waals surface area (Å²) in [7, 11) is 1.88. The van der Waals surface area contributed by atoms with Gasteiger partial charge in [-0.3, -0.25) is 4.99 Å². The number of rotatable bonds is 3. The lowest BCUT2D eigenvalue weighted by Crippen LogP contribution is -2.43. The molecule has 24 heavy (non-hydrogen) atoms. The van der Waals surface area contributed by atoms with Crippen LogP contribution in [0, 0.1) is 5.41 Å². The number of likely N-dealkylation sites (tertiary alicyclic amines) is 1. The summed E-state index contributed by atoms with van der Waals surface area (Å²) in [5.41, 5.74) is 1.58. The summed E-state index contributed by atoms with van der Waals surface area (Å²) in [6, 6.07) is 10.3. The molecule has 2 aromatic rings. The minimum Gasteiger partial charge on any atom is -0.461 e. The van der Waals surface area contributed by atoms with Gasteiger partial charge in [-0.15, -0.1) is 24.0 Å². The van der Waals surface area contributed by atoms with Crippen molar-refractivity contribution in [1.29, 1.82) is 0 Å². The first-order chi connectivity index (χ1) is 11.3. The van der Waals surface area contributed by atoms with Crippen molar-refractivity contribution in [3.8, 4) is 0 Å². The fourth-order valence-corrected chi connectivity index (χ4v) is 3.99. The molecule has 2 heterocycles. The molecule has 130 valence electrons. The molecule has 1 saturated heterocycles. The summed E-state index contributed by atoms with van der Waals surface area (Å²) < 4.78 is 5.88. The van der Waals surface area contributed by atoms with Gasteiger partial charge in [0.15, 0.2) is 5.96 Å². The van der Waals surface area contributed by atoms with Crippen LogP contribution in [-0.4, -0.2) is 37.5 Å². The van der Waals surface area contributed by atoms with Crippen LogP contribution in [0.1, 0.15) is 31.4 Å². The van der Waals surface area contributed by atoms with Crippen LogP contribution < -0.4 is 5.32 Å². The number of nitrogens with one attached hydrogen (secondary N) is 1. The standard InChI is InChI=1S/C19H25N3O.HI/c1-20-18(22-12-10-19(14-22)8-4-9-19)21-11-7-16-13-15-5-2-3-6-17(15)23-16;/h2-3,5-6,13H,4,7-12,14H2,1H3,(H,20,21);1H. The van der Waals surface area contributed by atoms with Gasteiger partial charge in [0.2, 0.25) is 0 Å². The molecule has 0 unspecified atom stereocenters. The molecule has 1 aliphatic heterocycles. The van der Waals surface area contributed by atoms with Gasteiger partial charge in [-0.05, 0) is 36.8 Å². The van der Waals surface area contributed by atoms with Crippen molar-refractivity contribution in [1.82, 2.24) is 10.2 Å². The third-order valence-electron chi connectivity index (χ3n) is 5.49. The fourth-order valence-electron chi connectivity index (χ4n) is 3.99. The number of guanidine groups is 1. The third kappa shape index (κ3) is 3.41. The van der Waals surface area contributed by atoms with E-state index in [0.29, 0.717) is 5.41 Å². The van der Waals surface area contributed by atoms with Gasteiger partial charge >= 0.3 is 0 Å². The van der Waals surface area contributed by atoms with E-state index in [0.717, 1.165) is 36.8 Å². The lowest BCUT2D eigenvalue weighted by atomic mass is 9.68. The minimum absolute atomic E-state index is 0. The lowest BCUT2D eigenvalue weighted by molar-refractivity contribution is 0.151. The Bertz CT molecular complexity index is 687. The molecule has 0 atom stereocenters. The molecule has 4 nitrogen and oxygen atoms in total. The monoisotopic (exact) mass is 439 g/mol. The summed E-state index contributed by atoms with van der Waals surface area (Å²) in [6.07, 6.45) is 6.43. The number of para-hydroxylation sites is 1. The van der Waals surface area contributed by atoms with E-state index in [1.54, 1.807) is 0 Å². The molecule has 1 aliphatic carbocycles. The highest BCUT2D eigenvalue weighted by Gasteiger charge is 2.43. The van der Waals surface area contributed by atoms with Crippen LogP contribution in [-0.2, 0) is 6.42 Å². The molecule has 4 rings (SSSR count). The van der Waals surface area contributed by atoms with E-state index in [-0.39, 0.29) is 24.0 Å². The van der Waals surface area contributed by atoms with Gasteiger partial charge in [-0.2, -0.15) is 0 Å². The SMILES string of the molecule is CN=C(NCCc1cc2ccccc2o1)N1CCC2(CCC2)C1.I. The van der Waals surface area contributed by atoms with Gasteiger partial charge < -0.3 is 14.6 Å². The molecule has 0 radical (unpaired) electrons. The Labute approximate surface area is 160 Å². The number of benzene rings is 1. The highest BCUT2D eigenvalue weighted by atomic mass is 127. The molecule has 1 aromatic heterocycles. The van der Waals surface area contributed by atoms with Crippen LogP contribution in [0.3, 0.4) is 0 Å². The van der Waals surface area contributed by atoms with Crippen molar-refractivity contribution in [2.45, 2.75) is 32.1 Å². The van der Waals surface area contributed by atoms with Crippen LogP contribution in [0.15, 0.2) is 39.7 Å². The number of halogens is 1. The van der Waals surface area contributed by atoms with Gasteiger partial charge in [0.05, 0.1) is 0 Å². The molecule has 2 fully saturated rings. The van der Waals surface area contributed by atoms with E-state index < -0.39 is 0 Å². The van der Waals surface area contributed by atoms with E-state index in [1.165, 1.54) is 37.6 Å². The molecular formula is C19H26IN3O. The fraction of sp³-hybridized carbons (Fsp3) is 0.526. The highest BCUT2D eigenvalue weighted by molar-refractivity contribution is 14.0. The zero-order valence-electron chi connectivity index (χ0n) is 14.3. The summed E-state index contributed by atoms with van der Waals surface area (Å²) in [4.78, 5) is 6.90. The maximum absolute atomic E-state index is 5.88. The lowest BCUT2D eigenvalue weighted by Gasteiger charge is -2.38. The Morgan fingerprint density at radius 3 is 2.79 bits per heavy atom. The first kappa shape index (κ1) is 17.6. The van der Waals surface area contributed by atoms with Gasteiger partial charge in [-0.1, -0.05) is 24.6 Å². The van der Waals surface area contributed by atoms with Crippen LogP contribution in [0.2, 0.25) is 0 Å². The summed E-state index contributed by atoms with van der Waals surface area (Å²) in [6.45, 7) is 3.18. The Kier molecular flexibility index (Phi) is 5.37. The van der Waals surface area contributed by atoms with Gasteiger partial charge in [-0.25, -0.2) is 0 Å². The van der Waals surface area contributed by atoms with Crippen molar-refractivity contribution in [3.63, 3.8) is 0 Å². The van der Waals surface area contributed by atoms with E-state index in [2.05, 4.69) is 27.3 Å². The third-order valence-corrected chi connectivity index (χ3v) is 5.49. The zero-order chi connectivity index (χ0) is 15.7. The predicted octanol–water partition coefficient (Wildman–Crippen LogP) is 4.04. The quantitative estimate of drug-likeness (QED) is 0.446. The minimum atomic E-state index is 0. The number of nitrogens with zero attached hydrogens (tertiary/aromatic N) is 2. The molecule has 1 aromatic carbocycles. The number of aliphatic imine (C=N–C) groups is 1. The van der Waals surface area contributed by atoms with E-state index in [4.69, 9.17) is 4.42 Å². The molecule has 1 saturated carbocycles. The van der Waals surface area contributed by atoms with Crippen LogP contribution >= 0.6 is 24.0 Å². The second-order valence-corrected chi connectivity index (χ2v) is 7.00. The molecule has 0 amide bonds. The second kappa shape index (κ2) is 7.33. The van der Waals surface area contributed by atoms with Gasteiger partial charge in [0.25, 0.3) is 0 Å². The predicted molar refractivity (Wildman–Crippen MR) is 109 cm³/mol. The average Bonchev–Trinajstić information content (AvgIpc) is 3.15. The van der Waals surface area contributed by atoms with Crippen molar-refractivity contribution in [2.24, 2.45) is 10.4 Å². The number of fused-ring (bicyclic) bond motifs is 1. The maximum Gasteiger partial charge on any atom is 0.193 e. The number of hydrogen-bond acceptors (Lipinski definition) is 2. The van der Waals surface area contributed by atoms with Gasteiger partial charge in [0.1, 0.15) is 11.3 Å². The summed E-state index contributed by atoms with van der Waals surface area (Å²) >= 11 is 0. The van der Waals surface area contributed by atoms with Crippen LogP contribution in [0.25, 0.3) is 11.0 Å². The van der Waals surface area contributed by atoms with Crippen molar-refractivity contribution in [2.75, 3.05) is 26.7 Å². The Morgan fingerprint density at radius 2 is 2.12 bits per heavy atom. The molecular weight excluding hydrogens is 413 g/mol. The number of furan rings is 1. The average molecular weight is 439 g/mol. The molecule has 0 bridgehead atoms. The molecule has 2 aliphatic rings. The summed E-state index contributed by atoms with van der Waals surface area (Å²) in [5, 5.41) is 4.69. The second-order valence-electron chi connectivity index (χ2n) is 7.00. The van der Waals surface area contributed by atoms with Crippen LogP contribution in [0.5, 0.6) is 0 Å². The van der Waals surface area contributed by atoms with Crippen LogP contribution in [0.4, 0.5) is 0 Å². The first-order valence-corrected chi connectivity index (χ1v) is 8.71. The van der Waals surface area contributed by atoms with E-state index in [1.807, 2.05) is 25.2 Å². The van der Waals surface area contributed by atoms with Gasteiger partial charge in [0, 0.05) is 38.5 Å². The smallest absolute Gasteiger partial charge is 0.193 e. The number of hydrogen-bond donors (Lipinski definition) is 1. The molecule has 5 heteroatoms. The Morgan fingerprint density at radius 1 is 1.29 bits per heavy atom. The zero-order valence-corrected chi connectivity index (χ0v) is 16.6. The molecule has 1 N–H and O–H groups in total. The Hall–Kier alpha value is -1.24. The van der Waals surface area contributed by atoms with E-state index >= 15 is 0 Å². The summed E-state index contributed by atoms with van der Waals surface area (Å²) in [5.74, 6) is 2.08. The normalized spacial score (nSPS) is 19.4. The topological polar surface area (TPSA) is 40.8 Å². The van der Waals surface area contributed by atoms with E-state index in [9.17, 15) is 0 Å².